The molecular weight excluding hydrogens is 480 g/mol. The minimum atomic E-state index is -3.24. The van der Waals surface area contributed by atoms with Crippen LogP contribution in [0.15, 0.2) is 29.7 Å². The molecule has 2 aromatic heterocycles. The van der Waals surface area contributed by atoms with Crippen molar-refractivity contribution in [2.45, 2.75) is 47.1 Å². The summed E-state index contributed by atoms with van der Waals surface area (Å²) >= 11 is 0. The lowest BCUT2D eigenvalue weighted by atomic mass is 10.1. The van der Waals surface area contributed by atoms with Crippen molar-refractivity contribution in [3.63, 3.8) is 0 Å². The number of nitrogens with zero attached hydrogens (tertiary/aromatic N) is 6. The zero-order valence-electron chi connectivity index (χ0n) is 21.9. The van der Waals surface area contributed by atoms with Crippen LogP contribution >= 0.6 is 0 Å². The number of ether oxygens (including phenoxy) is 1. The van der Waals surface area contributed by atoms with Crippen molar-refractivity contribution in [3.8, 4) is 11.8 Å². The maximum Gasteiger partial charge on any atom is 0.214 e. The Hall–Kier alpha value is -2.94. The van der Waals surface area contributed by atoms with Gasteiger partial charge in [-0.15, -0.1) is 0 Å². The molecule has 3 rings (SSSR count). The van der Waals surface area contributed by atoms with Gasteiger partial charge in [0, 0.05) is 37.9 Å². The summed E-state index contributed by atoms with van der Waals surface area (Å²) in [4.78, 5) is 6.71. The number of rotatable bonds is 8. The van der Waals surface area contributed by atoms with Gasteiger partial charge in [-0.05, 0) is 45.3 Å². The fraction of sp³-hybridized carbons (Fsp3) is 0.560. The third-order valence-corrected chi connectivity index (χ3v) is 8.04. The molecule has 0 aliphatic carbocycles. The molecule has 0 unspecified atom stereocenters. The third kappa shape index (κ3) is 6.84. The quantitative estimate of drug-likeness (QED) is 0.423. The van der Waals surface area contributed by atoms with E-state index in [9.17, 15) is 18.8 Å². The molecule has 0 spiro atoms. The van der Waals surface area contributed by atoms with Gasteiger partial charge in [0.25, 0.3) is 0 Å². The van der Waals surface area contributed by atoms with E-state index < -0.39 is 15.6 Å². The van der Waals surface area contributed by atoms with Gasteiger partial charge in [-0.1, -0.05) is 13.8 Å². The molecule has 0 bridgehead atoms. The fourth-order valence-electron chi connectivity index (χ4n) is 3.98. The summed E-state index contributed by atoms with van der Waals surface area (Å²) in [5.41, 5.74) is 1.65. The first-order valence-corrected chi connectivity index (χ1v) is 13.6. The van der Waals surface area contributed by atoms with Crippen molar-refractivity contribution in [1.29, 1.82) is 5.26 Å². The standard InChI is InChI=1S/C25H36N6O4S/c1-18(2)16-36(33,34)30-9-7-29(8-10-30)20(4)27-13-19(3)23-11-22(35-17-25(5,6)32)15-31-24(23)21(12-26)14-28-31/h11,13-15,18,32H,7-10,16-17H2,1-6H3/b19-13+,27-20+. The van der Waals surface area contributed by atoms with Gasteiger partial charge in [0.05, 0.1) is 34.8 Å². The van der Waals surface area contributed by atoms with E-state index in [4.69, 9.17) is 4.74 Å². The van der Waals surface area contributed by atoms with Crippen LogP contribution in [-0.2, 0) is 10.0 Å². The maximum absolute atomic E-state index is 12.5. The van der Waals surface area contributed by atoms with Crippen LogP contribution in [0.2, 0.25) is 0 Å². The Balaban J connectivity index is 1.81. The topological polar surface area (TPSA) is 124 Å². The molecule has 1 aliphatic rings. The monoisotopic (exact) mass is 516 g/mol. The second kappa shape index (κ2) is 11.0. The minimum Gasteiger partial charge on any atom is -0.489 e. The summed E-state index contributed by atoms with van der Waals surface area (Å²) in [6, 6.07) is 3.99. The van der Waals surface area contributed by atoms with Gasteiger partial charge in [0.15, 0.2) is 0 Å². The first-order chi connectivity index (χ1) is 16.8. The maximum atomic E-state index is 12.5. The van der Waals surface area contributed by atoms with Gasteiger partial charge in [-0.2, -0.15) is 14.7 Å². The summed E-state index contributed by atoms with van der Waals surface area (Å²) < 4.78 is 34.0. The van der Waals surface area contributed by atoms with Crippen LogP contribution in [0.25, 0.3) is 11.1 Å². The summed E-state index contributed by atoms with van der Waals surface area (Å²) in [6.45, 7) is 13.1. The van der Waals surface area contributed by atoms with E-state index in [0.29, 0.717) is 43.0 Å². The number of fused-ring (bicyclic) bond motifs is 1. The van der Waals surface area contributed by atoms with Crippen LogP contribution in [0.5, 0.6) is 5.75 Å². The lowest BCUT2D eigenvalue weighted by Gasteiger charge is -2.35. The predicted octanol–water partition coefficient (Wildman–Crippen LogP) is 2.74. The number of aromatic nitrogens is 2. The molecular formula is C25H36N6O4S. The van der Waals surface area contributed by atoms with Crippen molar-refractivity contribution in [2.75, 3.05) is 38.5 Å². The predicted molar refractivity (Wildman–Crippen MR) is 140 cm³/mol. The van der Waals surface area contributed by atoms with Crippen LogP contribution in [-0.4, -0.2) is 82.3 Å². The van der Waals surface area contributed by atoms with E-state index in [1.165, 1.54) is 6.20 Å². The summed E-state index contributed by atoms with van der Waals surface area (Å²) in [6.07, 6.45) is 4.92. The van der Waals surface area contributed by atoms with Gasteiger partial charge >= 0.3 is 0 Å². The number of allylic oxidation sites excluding steroid dienone is 1. The van der Waals surface area contributed by atoms with Crippen LogP contribution in [0.4, 0.5) is 0 Å². The fourth-order valence-corrected chi connectivity index (χ4v) is 5.75. The number of nitriles is 1. The third-order valence-electron chi connectivity index (χ3n) is 5.80. The average Bonchev–Trinajstić information content (AvgIpc) is 3.22. The Morgan fingerprint density at radius 2 is 1.97 bits per heavy atom. The first kappa shape index (κ1) is 27.6. The highest BCUT2D eigenvalue weighted by molar-refractivity contribution is 7.89. The molecule has 1 saturated heterocycles. The largest absolute Gasteiger partial charge is 0.489 e. The van der Waals surface area contributed by atoms with E-state index in [1.807, 2.05) is 33.8 Å². The Kier molecular flexibility index (Phi) is 8.44. The molecule has 0 amide bonds. The van der Waals surface area contributed by atoms with E-state index in [2.05, 4.69) is 21.1 Å². The number of piperazine rings is 1. The summed E-state index contributed by atoms with van der Waals surface area (Å²) in [5, 5.41) is 23.9. The molecule has 0 saturated carbocycles. The summed E-state index contributed by atoms with van der Waals surface area (Å²) in [5.74, 6) is 1.55. The molecule has 10 nitrogen and oxygen atoms in total. The van der Waals surface area contributed by atoms with Gasteiger partial charge in [-0.3, -0.25) is 0 Å². The zero-order chi connectivity index (χ0) is 26.7. The number of hydrogen-bond donors (Lipinski definition) is 1. The van der Waals surface area contributed by atoms with Crippen molar-refractivity contribution >= 4 is 26.9 Å². The van der Waals surface area contributed by atoms with E-state index >= 15 is 0 Å². The van der Waals surface area contributed by atoms with Crippen LogP contribution in [0.1, 0.15) is 52.7 Å². The Bertz CT molecular complexity index is 1290. The number of hydrogen-bond acceptors (Lipinski definition) is 7. The molecule has 0 atom stereocenters. The zero-order valence-corrected chi connectivity index (χ0v) is 22.7. The molecule has 3 heterocycles. The van der Waals surface area contributed by atoms with Crippen molar-refractivity contribution in [3.05, 3.63) is 35.8 Å². The average molecular weight is 517 g/mol. The van der Waals surface area contributed by atoms with Crippen LogP contribution < -0.4 is 4.74 Å². The molecule has 196 valence electrons. The van der Waals surface area contributed by atoms with Gasteiger partial charge < -0.3 is 14.7 Å². The molecule has 2 aromatic rings. The number of aliphatic hydroxyl groups is 1. The molecule has 1 fully saturated rings. The first-order valence-electron chi connectivity index (χ1n) is 12.0. The molecule has 0 radical (unpaired) electrons. The highest BCUT2D eigenvalue weighted by atomic mass is 32.2. The Morgan fingerprint density at radius 1 is 1.31 bits per heavy atom. The lowest BCUT2D eigenvalue weighted by molar-refractivity contribution is 0.0283. The number of pyridine rings is 1. The van der Waals surface area contributed by atoms with Crippen molar-refractivity contribution in [2.24, 2.45) is 10.9 Å². The highest BCUT2D eigenvalue weighted by Gasteiger charge is 2.27. The second-order valence-electron chi connectivity index (χ2n) is 10.2. The number of amidine groups is 1. The second-order valence-corrected chi connectivity index (χ2v) is 12.2. The summed E-state index contributed by atoms with van der Waals surface area (Å²) in [7, 11) is -3.24. The number of aliphatic imine (C=N–C) groups is 1. The minimum absolute atomic E-state index is 0.0901. The van der Waals surface area contributed by atoms with Crippen molar-refractivity contribution < 1.29 is 18.3 Å². The Labute approximate surface area is 213 Å². The smallest absolute Gasteiger partial charge is 0.214 e. The van der Waals surface area contributed by atoms with E-state index in [0.717, 1.165) is 17.0 Å². The molecule has 1 N–H and O–H groups in total. The van der Waals surface area contributed by atoms with Gasteiger partial charge in [0.1, 0.15) is 24.3 Å². The molecule has 11 heteroatoms. The normalized spacial score (nSPS) is 16.6. The molecule has 1 aliphatic heterocycles. The molecule has 36 heavy (non-hydrogen) atoms. The lowest BCUT2D eigenvalue weighted by Crippen LogP contribution is -2.50. The van der Waals surface area contributed by atoms with Crippen molar-refractivity contribution in [1.82, 2.24) is 18.8 Å². The van der Waals surface area contributed by atoms with Crippen LogP contribution in [0.3, 0.4) is 0 Å². The van der Waals surface area contributed by atoms with Gasteiger partial charge in [0.2, 0.25) is 10.0 Å². The number of sulfonamides is 1. The molecule has 0 aromatic carbocycles. The van der Waals surface area contributed by atoms with E-state index in [1.54, 1.807) is 35.1 Å². The van der Waals surface area contributed by atoms with E-state index in [-0.39, 0.29) is 18.3 Å². The van der Waals surface area contributed by atoms with Gasteiger partial charge in [-0.25, -0.2) is 17.9 Å². The highest BCUT2D eigenvalue weighted by Crippen LogP contribution is 2.28. The SMILES string of the molecule is C/C(=C\N=C(/C)N1CCN(S(=O)(=O)CC(C)C)CC1)c1cc(OCC(C)(C)O)cn2ncc(C#N)c12. The van der Waals surface area contributed by atoms with Crippen LogP contribution in [0, 0.1) is 17.2 Å². The Morgan fingerprint density at radius 3 is 2.56 bits per heavy atom.